The van der Waals surface area contributed by atoms with E-state index in [1.807, 2.05) is 0 Å². The van der Waals surface area contributed by atoms with Crippen molar-refractivity contribution in [3.63, 3.8) is 0 Å². The molecule has 1 aromatic rings. The van der Waals surface area contributed by atoms with Gasteiger partial charge in [0, 0.05) is 6.54 Å². The third-order valence-electron chi connectivity index (χ3n) is 2.43. The maximum absolute atomic E-state index is 13.2. The molecule has 2 nitrogen and oxygen atoms in total. The fourth-order valence-electron chi connectivity index (χ4n) is 1.28. The zero-order chi connectivity index (χ0) is 17.5. The fourth-order valence-corrected chi connectivity index (χ4v) is 1.28. The van der Waals surface area contributed by atoms with Crippen molar-refractivity contribution in [3.8, 4) is 5.75 Å². The Morgan fingerprint density at radius 1 is 0.773 bits per heavy atom. The van der Waals surface area contributed by atoms with Crippen LogP contribution in [0, 0.1) is 29.1 Å². The summed E-state index contributed by atoms with van der Waals surface area (Å²) in [6, 6.07) is 0. The molecule has 0 radical (unpaired) electrons. The summed E-state index contributed by atoms with van der Waals surface area (Å²) in [5.74, 6) is -21.1. The van der Waals surface area contributed by atoms with Gasteiger partial charge in [-0.15, -0.1) is 0 Å². The Balaban J connectivity index is 3.35. The first-order chi connectivity index (χ1) is 9.86. The van der Waals surface area contributed by atoms with E-state index in [2.05, 4.69) is 10.5 Å². The Hall–Kier alpha value is -1.72. The van der Waals surface area contributed by atoms with Crippen molar-refractivity contribution >= 4 is 0 Å². The second kappa shape index (κ2) is 5.82. The molecule has 0 aliphatic carbocycles. The van der Waals surface area contributed by atoms with Crippen LogP contribution in [0.5, 0.6) is 5.75 Å². The second-order valence-corrected chi connectivity index (χ2v) is 3.86. The number of hydrogen-bond donors (Lipinski definition) is 1. The van der Waals surface area contributed by atoms with Gasteiger partial charge in [0.2, 0.25) is 29.1 Å². The standard InChI is InChI=1S/C10H5F10NO/c11-3-4(12)6(14)8(7(15)5(3)13)22-2(1-21)9(16,17)10(18,19)20/h2H,1,21H2. The van der Waals surface area contributed by atoms with Gasteiger partial charge in [-0.2, -0.15) is 30.7 Å². The lowest BCUT2D eigenvalue weighted by molar-refractivity contribution is -0.307. The molecule has 1 atom stereocenters. The molecule has 1 aromatic carbocycles. The summed E-state index contributed by atoms with van der Waals surface area (Å²) < 4.78 is 131. The molecule has 1 unspecified atom stereocenters. The number of ether oxygens (including phenoxy) is 1. The number of nitrogens with two attached hydrogens (primary N) is 1. The molecule has 0 fully saturated rings. The SMILES string of the molecule is NCC(Oc1c(F)c(F)c(F)c(F)c1F)C(F)(F)C(F)(F)F. The first-order valence-corrected chi connectivity index (χ1v) is 5.18. The van der Waals surface area contributed by atoms with Crippen LogP contribution >= 0.6 is 0 Å². The zero-order valence-corrected chi connectivity index (χ0v) is 10.0. The van der Waals surface area contributed by atoms with Crippen LogP contribution in [0.25, 0.3) is 0 Å². The molecule has 0 saturated heterocycles. The van der Waals surface area contributed by atoms with E-state index in [0.717, 1.165) is 0 Å². The molecule has 22 heavy (non-hydrogen) atoms. The highest BCUT2D eigenvalue weighted by molar-refractivity contribution is 5.30. The van der Waals surface area contributed by atoms with Gasteiger partial charge < -0.3 is 10.5 Å². The molecule has 12 heteroatoms. The maximum atomic E-state index is 13.2. The smallest absolute Gasteiger partial charge is 0.457 e. The Bertz CT molecular complexity index is 541. The second-order valence-electron chi connectivity index (χ2n) is 3.86. The molecule has 0 aliphatic rings. The highest BCUT2D eigenvalue weighted by atomic mass is 19.4. The van der Waals surface area contributed by atoms with Gasteiger partial charge in [-0.3, -0.25) is 0 Å². The summed E-state index contributed by atoms with van der Waals surface area (Å²) in [4.78, 5) is 0. The predicted molar refractivity (Wildman–Crippen MR) is 50.7 cm³/mol. The summed E-state index contributed by atoms with van der Waals surface area (Å²) in [5, 5.41) is 0. The molecule has 0 bridgehead atoms. The quantitative estimate of drug-likeness (QED) is 0.516. The topological polar surface area (TPSA) is 35.2 Å². The van der Waals surface area contributed by atoms with Crippen LogP contribution in [-0.4, -0.2) is 24.7 Å². The molecule has 0 aromatic heterocycles. The molecular weight excluding hydrogens is 340 g/mol. The van der Waals surface area contributed by atoms with E-state index >= 15 is 0 Å². The molecule has 1 rings (SSSR count). The zero-order valence-electron chi connectivity index (χ0n) is 10.0. The van der Waals surface area contributed by atoms with Gasteiger partial charge in [0.05, 0.1) is 0 Å². The molecule has 0 saturated carbocycles. The molecule has 0 heterocycles. The Morgan fingerprint density at radius 2 is 1.14 bits per heavy atom. The van der Waals surface area contributed by atoms with Gasteiger partial charge in [0.25, 0.3) is 0 Å². The lowest BCUT2D eigenvalue weighted by Crippen LogP contribution is -2.53. The van der Waals surface area contributed by atoms with Crippen LogP contribution in [0.4, 0.5) is 43.9 Å². The minimum atomic E-state index is -6.22. The van der Waals surface area contributed by atoms with Gasteiger partial charge in [0.1, 0.15) is 0 Å². The van der Waals surface area contributed by atoms with Gasteiger partial charge in [-0.1, -0.05) is 0 Å². The van der Waals surface area contributed by atoms with Crippen LogP contribution in [0.1, 0.15) is 0 Å². The minimum absolute atomic E-state index is 1.62. The first kappa shape index (κ1) is 18.3. The lowest BCUT2D eigenvalue weighted by Gasteiger charge is -2.28. The molecule has 126 valence electrons. The maximum Gasteiger partial charge on any atom is 0.457 e. The van der Waals surface area contributed by atoms with Crippen molar-refractivity contribution in [2.45, 2.75) is 18.2 Å². The van der Waals surface area contributed by atoms with Crippen molar-refractivity contribution in [1.29, 1.82) is 0 Å². The van der Waals surface area contributed by atoms with Gasteiger partial charge in [0.15, 0.2) is 11.9 Å². The van der Waals surface area contributed by atoms with E-state index < -0.39 is 59.6 Å². The normalized spacial score (nSPS) is 14.1. The monoisotopic (exact) mass is 345 g/mol. The lowest BCUT2D eigenvalue weighted by atomic mass is 10.1. The summed E-state index contributed by atoms with van der Waals surface area (Å²) in [7, 11) is 0. The van der Waals surface area contributed by atoms with Gasteiger partial charge >= 0.3 is 12.1 Å². The number of alkyl halides is 5. The van der Waals surface area contributed by atoms with Crippen LogP contribution in [0.2, 0.25) is 0 Å². The van der Waals surface area contributed by atoms with E-state index in [9.17, 15) is 43.9 Å². The molecule has 0 spiro atoms. The van der Waals surface area contributed by atoms with Crippen molar-refractivity contribution < 1.29 is 48.6 Å². The largest absolute Gasteiger partial charge is 0.476 e. The van der Waals surface area contributed by atoms with Crippen molar-refractivity contribution in [2.75, 3.05) is 6.54 Å². The number of hydrogen-bond acceptors (Lipinski definition) is 2. The highest BCUT2D eigenvalue weighted by Gasteiger charge is 2.63. The van der Waals surface area contributed by atoms with Crippen LogP contribution < -0.4 is 10.5 Å². The first-order valence-electron chi connectivity index (χ1n) is 5.18. The molecule has 0 aliphatic heterocycles. The summed E-state index contributed by atoms with van der Waals surface area (Å²) in [6.07, 6.45) is -9.62. The molecule has 2 N–H and O–H groups in total. The summed E-state index contributed by atoms with van der Waals surface area (Å²) in [6.45, 7) is -1.62. The van der Waals surface area contributed by atoms with Gasteiger partial charge in [-0.25, -0.2) is 13.2 Å². The van der Waals surface area contributed by atoms with E-state index in [0.29, 0.717) is 0 Å². The van der Waals surface area contributed by atoms with Crippen LogP contribution in [0.3, 0.4) is 0 Å². The minimum Gasteiger partial charge on any atom is -0.476 e. The number of halogens is 10. The highest BCUT2D eigenvalue weighted by Crippen LogP contribution is 2.40. The van der Waals surface area contributed by atoms with Crippen LogP contribution in [0.15, 0.2) is 0 Å². The van der Waals surface area contributed by atoms with Crippen LogP contribution in [-0.2, 0) is 0 Å². The Labute approximate surface area is 115 Å². The predicted octanol–water partition coefficient (Wildman–Crippen LogP) is 3.29. The van der Waals surface area contributed by atoms with E-state index in [-0.39, 0.29) is 0 Å². The number of benzene rings is 1. The van der Waals surface area contributed by atoms with E-state index in [1.165, 1.54) is 0 Å². The Morgan fingerprint density at radius 3 is 1.45 bits per heavy atom. The summed E-state index contributed by atoms with van der Waals surface area (Å²) >= 11 is 0. The molecular formula is C10H5F10NO. The molecule has 0 amide bonds. The Kier molecular flexibility index (Phi) is 4.85. The number of rotatable bonds is 4. The van der Waals surface area contributed by atoms with Crippen molar-refractivity contribution in [3.05, 3.63) is 29.1 Å². The summed E-state index contributed by atoms with van der Waals surface area (Å²) in [5.41, 5.74) is 4.60. The third-order valence-corrected chi connectivity index (χ3v) is 2.43. The average molecular weight is 345 g/mol. The van der Waals surface area contributed by atoms with Gasteiger partial charge in [-0.05, 0) is 0 Å². The van der Waals surface area contributed by atoms with Crippen molar-refractivity contribution in [2.24, 2.45) is 5.73 Å². The van der Waals surface area contributed by atoms with Crippen molar-refractivity contribution in [1.82, 2.24) is 0 Å². The fraction of sp³-hybridized carbons (Fsp3) is 0.400. The third kappa shape index (κ3) is 2.91. The van der Waals surface area contributed by atoms with E-state index in [4.69, 9.17) is 0 Å². The average Bonchev–Trinajstić information content (AvgIpc) is 2.41. The van der Waals surface area contributed by atoms with E-state index in [1.54, 1.807) is 0 Å².